The maximum Gasteiger partial charge on any atom is 0.416 e. The third-order valence-electron chi connectivity index (χ3n) is 4.15. The van der Waals surface area contributed by atoms with Gasteiger partial charge in [0.05, 0.1) is 12.7 Å². The molecule has 1 fully saturated rings. The first-order chi connectivity index (χ1) is 11.0. The van der Waals surface area contributed by atoms with Gasteiger partial charge in [0.1, 0.15) is 5.75 Å². The molecule has 0 unspecified atom stereocenters. The molecule has 0 saturated carbocycles. The van der Waals surface area contributed by atoms with Crippen molar-refractivity contribution >= 4 is 12.4 Å². The minimum absolute atomic E-state index is 0. The summed E-state index contributed by atoms with van der Waals surface area (Å²) in [5.74, 6) is 0.197. The molecule has 1 aliphatic rings. The van der Waals surface area contributed by atoms with Crippen LogP contribution in [0.15, 0.2) is 18.2 Å². The van der Waals surface area contributed by atoms with E-state index in [0.717, 1.165) is 19.2 Å². The van der Waals surface area contributed by atoms with Crippen molar-refractivity contribution in [3.8, 4) is 5.75 Å². The third-order valence-corrected chi connectivity index (χ3v) is 4.15. The Morgan fingerprint density at radius 1 is 1.29 bits per heavy atom. The Labute approximate surface area is 146 Å². The number of benzene rings is 1. The number of halogens is 4. The fourth-order valence-corrected chi connectivity index (χ4v) is 3.01. The van der Waals surface area contributed by atoms with Crippen molar-refractivity contribution in [2.45, 2.75) is 25.1 Å². The summed E-state index contributed by atoms with van der Waals surface area (Å²) < 4.78 is 45.4. The summed E-state index contributed by atoms with van der Waals surface area (Å²) >= 11 is 0. The van der Waals surface area contributed by atoms with Crippen LogP contribution in [0.3, 0.4) is 0 Å². The number of piperazine rings is 1. The number of hydrogen-bond acceptors (Lipinski definition) is 4. The highest BCUT2D eigenvalue weighted by Gasteiger charge is 2.37. The Kier molecular flexibility index (Phi) is 8.29. The highest BCUT2D eigenvalue weighted by Crippen LogP contribution is 2.39. The van der Waals surface area contributed by atoms with Gasteiger partial charge in [0.15, 0.2) is 0 Å². The molecule has 1 saturated heterocycles. The zero-order valence-corrected chi connectivity index (χ0v) is 14.4. The summed E-state index contributed by atoms with van der Waals surface area (Å²) in [6, 6.07) is 3.78. The van der Waals surface area contributed by atoms with Crippen LogP contribution in [0, 0.1) is 0 Å². The molecule has 138 valence electrons. The van der Waals surface area contributed by atoms with E-state index in [-0.39, 0.29) is 36.4 Å². The number of alkyl halides is 3. The van der Waals surface area contributed by atoms with Crippen molar-refractivity contribution in [3.05, 3.63) is 29.3 Å². The Balaban J connectivity index is 0.00000288. The van der Waals surface area contributed by atoms with Gasteiger partial charge in [-0.05, 0) is 30.5 Å². The first-order valence-corrected chi connectivity index (χ1v) is 7.78. The van der Waals surface area contributed by atoms with Crippen LogP contribution < -0.4 is 10.1 Å². The second kappa shape index (κ2) is 9.46. The molecule has 0 spiro atoms. The Hall–Kier alpha value is -1.02. The first-order valence-electron chi connectivity index (χ1n) is 7.78. The van der Waals surface area contributed by atoms with Crippen LogP contribution in [-0.4, -0.2) is 49.9 Å². The average Bonchev–Trinajstić information content (AvgIpc) is 2.55. The number of rotatable bonds is 6. The van der Waals surface area contributed by atoms with Crippen molar-refractivity contribution in [1.82, 2.24) is 10.2 Å². The molecule has 2 rings (SSSR count). The minimum atomic E-state index is -4.44. The zero-order chi connectivity index (χ0) is 16.9. The molecule has 1 aliphatic heterocycles. The predicted octanol–water partition coefficient (Wildman–Crippen LogP) is 2.85. The molecule has 24 heavy (non-hydrogen) atoms. The van der Waals surface area contributed by atoms with Crippen molar-refractivity contribution < 1.29 is 23.0 Å². The van der Waals surface area contributed by atoms with E-state index >= 15 is 0 Å². The monoisotopic (exact) mass is 368 g/mol. The maximum absolute atomic E-state index is 13.5. The number of ether oxygens (including phenoxy) is 1. The third kappa shape index (κ3) is 5.24. The van der Waals surface area contributed by atoms with E-state index in [9.17, 15) is 13.2 Å². The molecular formula is C16H24ClF3N2O2. The van der Waals surface area contributed by atoms with Crippen LogP contribution in [0.1, 0.15) is 30.0 Å². The van der Waals surface area contributed by atoms with Gasteiger partial charge in [-0.25, -0.2) is 0 Å². The summed E-state index contributed by atoms with van der Waals surface area (Å²) in [5, 5.41) is 12.3. The number of nitrogens with one attached hydrogen (secondary N) is 1. The second-order valence-corrected chi connectivity index (χ2v) is 5.62. The Morgan fingerprint density at radius 3 is 2.50 bits per heavy atom. The summed E-state index contributed by atoms with van der Waals surface area (Å²) in [7, 11) is 1.36. The topological polar surface area (TPSA) is 44.7 Å². The quantitative estimate of drug-likeness (QED) is 0.810. The van der Waals surface area contributed by atoms with E-state index in [2.05, 4.69) is 10.2 Å². The van der Waals surface area contributed by atoms with Crippen molar-refractivity contribution in [2.24, 2.45) is 0 Å². The van der Waals surface area contributed by atoms with Crippen molar-refractivity contribution in [1.29, 1.82) is 0 Å². The molecule has 2 N–H and O–H groups in total. The van der Waals surface area contributed by atoms with Gasteiger partial charge >= 0.3 is 6.18 Å². The number of methoxy groups -OCH3 is 1. The summed E-state index contributed by atoms with van der Waals surface area (Å²) in [5.41, 5.74) is -0.396. The van der Waals surface area contributed by atoms with Crippen molar-refractivity contribution in [2.75, 3.05) is 39.9 Å². The largest absolute Gasteiger partial charge is 0.497 e. The fourth-order valence-electron chi connectivity index (χ4n) is 3.01. The minimum Gasteiger partial charge on any atom is -0.497 e. The Bertz CT molecular complexity index is 509. The lowest BCUT2D eigenvalue weighted by molar-refractivity contribution is -0.139. The van der Waals surface area contributed by atoms with Crippen LogP contribution >= 0.6 is 12.4 Å². The molecule has 1 aromatic carbocycles. The van der Waals surface area contributed by atoms with E-state index in [1.807, 2.05) is 0 Å². The fraction of sp³-hybridized carbons (Fsp3) is 0.625. The lowest BCUT2D eigenvalue weighted by Crippen LogP contribution is -2.45. The average molecular weight is 369 g/mol. The molecule has 1 atom stereocenters. The second-order valence-electron chi connectivity index (χ2n) is 5.62. The lowest BCUT2D eigenvalue weighted by Gasteiger charge is -2.36. The van der Waals surface area contributed by atoms with Crippen LogP contribution in [0.5, 0.6) is 5.75 Å². The molecule has 1 aromatic rings. The van der Waals surface area contributed by atoms with Gasteiger partial charge in [-0.3, -0.25) is 4.90 Å². The summed E-state index contributed by atoms with van der Waals surface area (Å²) in [6.07, 6.45) is -3.47. The molecule has 1 heterocycles. The highest BCUT2D eigenvalue weighted by atomic mass is 35.5. The van der Waals surface area contributed by atoms with E-state index < -0.39 is 11.7 Å². The first kappa shape index (κ1) is 21.0. The van der Waals surface area contributed by atoms with Crippen LogP contribution in [-0.2, 0) is 6.18 Å². The van der Waals surface area contributed by atoms with E-state index in [0.29, 0.717) is 25.9 Å². The molecule has 4 nitrogen and oxygen atoms in total. The SMILES string of the molecule is COc1ccc([C@@H](CCCO)N2CCNCC2)c(C(F)(F)F)c1.Cl. The van der Waals surface area contributed by atoms with E-state index in [1.165, 1.54) is 13.2 Å². The molecular weight excluding hydrogens is 345 g/mol. The predicted molar refractivity (Wildman–Crippen MR) is 88.7 cm³/mol. The normalized spacial score (nSPS) is 17.2. The van der Waals surface area contributed by atoms with Crippen LogP contribution in [0.4, 0.5) is 13.2 Å². The molecule has 0 radical (unpaired) electrons. The standard InChI is InChI=1S/C16H23F3N2O2.ClH/c1-23-12-4-5-13(14(11-12)16(17,18)19)15(3-2-10-22)21-8-6-20-7-9-21;/h4-5,11,15,20,22H,2-3,6-10H2,1H3;1H/t15-;/m1./s1. The van der Waals surface area contributed by atoms with E-state index in [1.54, 1.807) is 6.07 Å². The molecule has 0 aromatic heterocycles. The molecule has 8 heteroatoms. The van der Waals surface area contributed by atoms with Crippen LogP contribution in [0.25, 0.3) is 0 Å². The summed E-state index contributed by atoms with van der Waals surface area (Å²) in [6.45, 7) is 2.87. The highest BCUT2D eigenvalue weighted by molar-refractivity contribution is 5.85. The number of hydrogen-bond donors (Lipinski definition) is 2. The van der Waals surface area contributed by atoms with Crippen LogP contribution in [0.2, 0.25) is 0 Å². The smallest absolute Gasteiger partial charge is 0.416 e. The van der Waals surface area contributed by atoms with E-state index in [4.69, 9.17) is 9.84 Å². The number of aliphatic hydroxyl groups excluding tert-OH is 1. The van der Waals surface area contributed by atoms with Gasteiger partial charge in [-0.15, -0.1) is 12.4 Å². The molecule has 0 amide bonds. The van der Waals surface area contributed by atoms with Gasteiger partial charge in [0.25, 0.3) is 0 Å². The van der Waals surface area contributed by atoms with Crippen molar-refractivity contribution in [3.63, 3.8) is 0 Å². The van der Waals surface area contributed by atoms with Gasteiger partial charge in [0, 0.05) is 38.8 Å². The summed E-state index contributed by atoms with van der Waals surface area (Å²) in [4.78, 5) is 2.06. The molecule has 0 aliphatic carbocycles. The van der Waals surface area contributed by atoms with Gasteiger partial charge < -0.3 is 15.2 Å². The number of nitrogens with zero attached hydrogens (tertiary/aromatic N) is 1. The zero-order valence-electron chi connectivity index (χ0n) is 13.6. The Morgan fingerprint density at radius 2 is 1.96 bits per heavy atom. The maximum atomic E-state index is 13.5. The number of aliphatic hydroxyl groups is 1. The molecule has 0 bridgehead atoms. The van der Waals surface area contributed by atoms with Gasteiger partial charge in [-0.1, -0.05) is 6.07 Å². The van der Waals surface area contributed by atoms with Gasteiger partial charge in [-0.2, -0.15) is 13.2 Å². The lowest BCUT2D eigenvalue weighted by atomic mass is 9.94. The van der Waals surface area contributed by atoms with Gasteiger partial charge in [0.2, 0.25) is 0 Å².